The van der Waals surface area contributed by atoms with Gasteiger partial charge in [0, 0.05) is 6.07 Å². The summed E-state index contributed by atoms with van der Waals surface area (Å²) in [5.41, 5.74) is 1.77. The molecular formula is C12H11NO3. The molecule has 2 aromatic carbocycles. The first-order chi connectivity index (χ1) is 7.63. The van der Waals surface area contributed by atoms with E-state index in [1.54, 1.807) is 24.3 Å². The molecule has 0 saturated heterocycles. The van der Waals surface area contributed by atoms with Crippen LogP contribution in [0.3, 0.4) is 0 Å². The van der Waals surface area contributed by atoms with Crippen molar-refractivity contribution < 1.29 is 10.0 Å². The summed E-state index contributed by atoms with van der Waals surface area (Å²) in [4.78, 5) is 10.4. The molecule has 0 unspecified atom stereocenters. The van der Waals surface area contributed by atoms with Gasteiger partial charge >= 0.3 is 0 Å². The standard InChI is InChI=1S/C12H11NO3/c1-8-5-11-9(6-10(8)7-14)3-2-4-12(11)13(15)16/h2-6,14H,7H2,1H3. The molecule has 0 bridgehead atoms. The molecule has 0 amide bonds. The van der Waals surface area contributed by atoms with Crippen molar-refractivity contribution in [3.8, 4) is 0 Å². The molecule has 0 aliphatic rings. The Morgan fingerprint density at radius 2 is 2.12 bits per heavy atom. The van der Waals surface area contributed by atoms with E-state index in [0.717, 1.165) is 16.5 Å². The summed E-state index contributed by atoms with van der Waals surface area (Å²) < 4.78 is 0. The van der Waals surface area contributed by atoms with E-state index in [-0.39, 0.29) is 17.2 Å². The Morgan fingerprint density at radius 1 is 1.38 bits per heavy atom. The van der Waals surface area contributed by atoms with Crippen LogP contribution < -0.4 is 0 Å². The predicted octanol–water partition coefficient (Wildman–Crippen LogP) is 2.55. The molecule has 0 atom stereocenters. The Hall–Kier alpha value is -1.94. The summed E-state index contributed by atoms with van der Waals surface area (Å²) in [5, 5.41) is 21.4. The maximum Gasteiger partial charge on any atom is 0.277 e. The van der Waals surface area contributed by atoms with Gasteiger partial charge in [-0.15, -0.1) is 0 Å². The predicted molar refractivity (Wildman–Crippen MR) is 61.3 cm³/mol. The van der Waals surface area contributed by atoms with Crippen LogP contribution in [0.5, 0.6) is 0 Å². The number of hydrogen-bond acceptors (Lipinski definition) is 3. The van der Waals surface area contributed by atoms with Gasteiger partial charge in [0.15, 0.2) is 0 Å². The molecule has 82 valence electrons. The van der Waals surface area contributed by atoms with Crippen LogP contribution in [0.15, 0.2) is 30.3 Å². The first-order valence-electron chi connectivity index (χ1n) is 4.91. The zero-order chi connectivity index (χ0) is 11.7. The fourth-order valence-corrected chi connectivity index (χ4v) is 1.79. The number of aliphatic hydroxyl groups is 1. The summed E-state index contributed by atoms with van der Waals surface area (Å²) >= 11 is 0. The van der Waals surface area contributed by atoms with Gasteiger partial charge in [-0.2, -0.15) is 0 Å². The molecule has 1 N–H and O–H groups in total. The third-order valence-corrected chi connectivity index (χ3v) is 2.68. The highest BCUT2D eigenvalue weighted by molar-refractivity contribution is 5.91. The number of hydrogen-bond donors (Lipinski definition) is 1. The Kier molecular flexibility index (Phi) is 2.58. The lowest BCUT2D eigenvalue weighted by atomic mass is 10.0. The minimum absolute atomic E-state index is 0.0511. The van der Waals surface area contributed by atoms with Crippen molar-refractivity contribution in [1.82, 2.24) is 0 Å². The summed E-state index contributed by atoms with van der Waals surface area (Å²) in [6.45, 7) is 1.78. The maximum atomic E-state index is 10.8. The number of aliphatic hydroxyl groups excluding tert-OH is 1. The Morgan fingerprint density at radius 3 is 2.75 bits per heavy atom. The zero-order valence-electron chi connectivity index (χ0n) is 8.80. The topological polar surface area (TPSA) is 63.4 Å². The fraction of sp³-hybridized carbons (Fsp3) is 0.167. The lowest BCUT2D eigenvalue weighted by Gasteiger charge is -2.05. The van der Waals surface area contributed by atoms with E-state index in [9.17, 15) is 10.1 Å². The second kappa shape index (κ2) is 3.90. The van der Waals surface area contributed by atoms with E-state index in [2.05, 4.69) is 0 Å². The van der Waals surface area contributed by atoms with Crippen LogP contribution >= 0.6 is 0 Å². The van der Waals surface area contributed by atoms with E-state index in [4.69, 9.17) is 5.11 Å². The third kappa shape index (κ3) is 1.63. The number of fused-ring (bicyclic) bond motifs is 1. The minimum Gasteiger partial charge on any atom is -0.392 e. The molecule has 2 rings (SSSR count). The van der Waals surface area contributed by atoms with Gasteiger partial charge in [-0.1, -0.05) is 12.1 Å². The zero-order valence-corrected chi connectivity index (χ0v) is 8.80. The van der Waals surface area contributed by atoms with Crippen LogP contribution in [-0.4, -0.2) is 10.0 Å². The van der Waals surface area contributed by atoms with E-state index >= 15 is 0 Å². The lowest BCUT2D eigenvalue weighted by Crippen LogP contribution is -1.93. The number of rotatable bonds is 2. The van der Waals surface area contributed by atoms with Gasteiger partial charge < -0.3 is 5.11 Å². The van der Waals surface area contributed by atoms with Gasteiger partial charge in [0.05, 0.1) is 16.9 Å². The number of nitro benzene ring substituents is 1. The van der Waals surface area contributed by atoms with Crippen molar-refractivity contribution in [2.24, 2.45) is 0 Å². The second-order valence-corrected chi connectivity index (χ2v) is 3.69. The van der Waals surface area contributed by atoms with Crippen molar-refractivity contribution in [2.75, 3.05) is 0 Å². The fourth-order valence-electron chi connectivity index (χ4n) is 1.79. The van der Waals surface area contributed by atoms with Crippen molar-refractivity contribution in [2.45, 2.75) is 13.5 Å². The first kappa shape index (κ1) is 10.6. The smallest absolute Gasteiger partial charge is 0.277 e. The Bertz CT molecular complexity index is 563. The van der Waals surface area contributed by atoms with E-state index in [1.165, 1.54) is 6.07 Å². The molecule has 0 heterocycles. The highest BCUT2D eigenvalue weighted by atomic mass is 16.6. The molecule has 4 nitrogen and oxygen atoms in total. The van der Waals surface area contributed by atoms with E-state index in [0.29, 0.717) is 5.39 Å². The number of benzene rings is 2. The highest BCUT2D eigenvalue weighted by Crippen LogP contribution is 2.28. The highest BCUT2D eigenvalue weighted by Gasteiger charge is 2.12. The minimum atomic E-state index is -0.388. The van der Waals surface area contributed by atoms with Crippen LogP contribution in [0.2, 0.25) is 0 Å². The number of nitro groups is 1. The number of non-ortho nitro benzene ring substituents is 1. The van der Waals surface area contributed by atoms with Crippen LogP contribution in [-0.2, 0) is 6.61 Å². The van der Waals surface area contributed by atoms with Crippen LogP contribution in [0.1, 0.15) is 11.1 Å². The average Bonchev–Trinajstić information content (AvgIpc) is 2.27. The Labute approximate surface area is 92.3 Å². The van der Waals surface area contributed by atoms with Gasteiger partial charge in [-0.3, -0.25) is 10.1 Å². The van der Waals surface area contributed by atoms with Crippen LogP contribution in [0.25, 0.3) is 10.8 Å². The SMILES string of the molecule is Cc1cc2c([N+](=O)[O-])cccc2cc1CO. The Balaban J connectivity index is 2.79. The first-order valence-corrected chi connectivity index (χ1v) is 4.91. The van der Waals surface area contributed by atoms with Crippen LogP contribution in [0, 0.1) is 17.0 Å². The van der Waals surface area contributed by atoms with E-state index < -0.39 is 0 Å². The summed E-state index contributed by atoms with van der Waals surface area (Å²) in [7, 11) is 0. The summed E-state index contributed by atoms with van der Waals surface area (Å²) in [6, 6.07) is 8.48. The maximum absolute atomic E-state index is 10.8. The molecule has 0 aromatic heterocycles. The summed E-state index contributed by atoms with van der Waals surface area (Å²) in [6.07, 6.45) is 0. The molecular weight excluding hydrogens is 206 g/mol. The van der Waals surface area contributed by atoms with Crippen LogP contribution in [0.4, 0.5) is 5.69 Å². The quantitative estimate of drug-likeness (QED) is 0.621. The number of aryl methyl sites for hydroxylation is 1. The molecule has 0 radical (unpaired) electrons. The van der Waals surface area contributed by atoms with Gasteiger partial charge in [-0.25, -0.2) is 0 Å². The summed E-state index contributed by atoms with van der Waals surface area (Å²) in [5.74, 6) is 0. The van der Waals surface area contributed by atoms with Crippen molar-refractivity contribution in [3.63, 3.8) is 0 Å². The third-order valence-electron chi connectivity index (χ3n) is 2.68. The molecule has 16 heavy (non-hydrogen) atoms. The van der Waals surface area contributed by atoms with Crippen molar-refractivity contribution >= 4 is 16.5 Å². The molecule has 0 fully saturated rings. The molecule has 2 aromatic rings. The van der Waals surface area contributed by atoms with Gasteiger partial charge in [0.1, 0.15) is 0 Å². The molecule has 4 heteroatoms. The average molecular weight is 217 g/mol. The lowest BCUT2D eigenvalue weighted by molar-refractivity contribution is -0.383. The van der Waals surface area contributed by atoms with E-state index in [1.807, 2.05) is 6.92 Å². The normalized spacial score (nSPS) is 10.6. The van der Waals surface area contributed by atoms with Crippen molar-refractivity contribution in [3.05, 3.63) is 51.6 Å². The van der Waals surface area contributed by atoms with Gasteiger partial charge in [0.2, 0.25) is 0 Å². The second-order valence-electron chi connectivity index (χ2n) is 3.69. The largest absolute Gasteiger partial charge is 0.392 e. The number of nitrogens with zero attached hydrogens (tertiary/aromatic N) is 1. The van der Waals surface area contributed by atoms with Crippen molar-refractivity contribution in [1.29, 1.82) is 0 Å². The van der Waals surface area contributed by atoms with Gasteiger partial charge in [0.25, 0.3) is 5.69 Å². The molecule has 0 saturated carbocycles. The molecule has 0 spiro atoms. The molecule has 0 aliphatic heterocycles. The van der Waals surface area contributed by atoms with Gasteiger partial charge in [-0.05, 0) is 35.6 Å². The molecule has 0 aliphatic carbocycles. The monoisotopic (exact) mass is 217 g/mol.